The van der Waals surface area contributed by atoms with Gasteiger partial charge in [0, 0.05) is 16.8 Å². The van der Waals surface area contributed by atoms with Crippen molar-refractivity contribution in [3.8, 4) is 0 Å². The lowest BCUT2D eigenvalue weighted by molar-refractivity contribution is -0.115. The van der Waals surface area contributed by atoms with Gasteiger partial charge in [0.1, 0.15) is 0 Å². The maximum atomic E-state index is 13.0. The van der Waals surface area contributed by atoms with Gasteiger partial charge in [-0.05, 0) is 44.2 Å². The molecule has 0 bridgehead atoms. The van der Waals surface area contributed by atoms with Crippen molar-refractivity contribution in [2.75, 3.05) is 10.3 Å². The zero-order chi connectivity index (χ0) is 18.4. The van der Waals surface area contributed by atoms with Crippen LogP contribution in [0.5, 0.6) is 0 Å². The monoisotopic (exact) mass is 345 g/mol. The Balaban J connectivity index is 1.78. The van der Waals surface area contributed by atoms with E-state index in [1.165, 1.54) is 11.9 Å². The Morgan fingerprint density at radius 3 is 2.38 bits per heavy atom. The molecule has 0 aliphatic carbocycles. The first-order chi connectivity index (χ1) is 12.5. The highest BCUT2D eigenvalue weighted by atomic mass is 16.2. The normalized spacial score (nSPS) is 18.7. The number of rotatable bonds is 2. The fourth-order valence-corrected chi connectivity index (χ4v) is 3.17. The molecular formula is C20H15N3O3. The second kappa shape index (κ2) is 5.77. The number of amides is 2. The first-order valence-electron chi connectivity index (χ1n) is 8.13. The standard InChI is InChI=1S/C20H15N3O3/c1-11-17(18-15-5-3-4-6-16(15)21-19(18)25)20(26)23(22-11)14-9-7-13(8-10-14)12(2)24/h3-10H,1-2H3,(H,21,25)/b18-17+. The van der Waals surface area contributed by atoms with Gasteiger partial charge in [0.05, 0.1) is 22.5 Å². The van der Waals surface area contributed by atoms with Crippen LogP contribution >= 0.6 is 0 Å². The minimum absolute atomic E-state index is 0.0500. The minimum Gasteiger partial charge on any atom is -0.321 e. The SMILES string of the molecule is CC(=O)c1ccc(N2N=C(C)/C(=C3\C(=O)Nc4ccccc43)C2=O)cc1. The fourth-order valence-electron chi connectivity index (χ4n) is 3.17. The van der Waals surface area contributed by atoms with Crippen LogP contribution in [0.25, 0.3) is 5.57 Å². The van der Waals surface area contributed by atoms with Crippen molar-refractivity contribution >= 4 is 40.3 Å². The molecule has 0 fully saturated rings. The molecule has 2 aliphatic rings. The number of carbonyl (C=O) groups excluding carboxylic acids is 3. The number of carbonyl (C=O) groups is 3. The molecule has 0 radical (unpaired) electrons. The zero-order valence-corrected chi connectivity index (χ0v) is 14.2. The molecule has 0 saturated carbocycles. The highest BCUT2D eigenvalue weighted by Crippen LogP contribution is 2.36. The third kappa shape index (κ3) is 2.35. The van der Waals surface area contributed by atoms with Crippen molar-refractivity contribution in [2.24, 2.45) is 5.10 Å². The van der Waals surface area contributed by atoms with E-state index in [1.807, 2.05) is 12.1 Å². The molecule has 0 saturated heterocycles. The van der Waals surface area contributed by atoms with Gasteiger partial charge in [-0.2, -0.15) is 10.1 Å². The topological polar surface area (TPSA) is 78.8 Å². The van der Waals surface area contributed by atoms with E-state index < -0.39 is 0 Å². The summed E-state index contributed by atoms with van der Waals surface area (Å²) >= 11 is 0. The predicted octanol–water partition coefficient (Wildman–Crippen LogP) is 3.02. The summed E-state index contributed by atoms with van der Waals surface area (Å²) in [4.78, 5) is 36.8. The number of nitrogens with zero attached hydrogens (tertiary/aromatic N) is 2. The van der Waals surface area contributed by atoms with Crippen LogP contribution in [0.4, 0.5) is 11.4 Å². The molecule has 0 spiro atoms. The third-order valence-electron chi connectivity index (χ3n) is 4.46. The summed E-state index contributed by atoms with van der Waals surface area (Å²) in [5, 5.41) is 8.36. The number of hydrazone groups is 1. The minimum atomic E-state index is -0.361. The highest BCUT2D eigenvalue weighted by Gasteiger charge is 2.37. The largest absolute Gasteiger partial charge is 0.321 e. The molecular weight excluding hydrogens is 330 g/mol. The number of Topliss-reactive ketones (excluding diaryl/α,β-unsaturated/α-hetero) is 1. The molecule has 6 nitrogen and oxygen atoms in total. The highest BCUT2D eigenvalue weighted by molar-refractivity contribution is 6.45. The van der Waals surface area contributed by atoms with E-state index in [-0.39, 0.29) is 17.6 Å². The molecule has 2 aliphatic heterocycles. The lowest BCUT2D eigenvalue weighted by Gasteiger charge is -2.12. The van der Waals surface area contributed by atoms with Crippen LogP contribution in [-0.2, 0) is 9.59 Å². The summed E-state index contributed by atoms with van der Waals surface area (Å²) in [5.74, 6) is -0.719. The number of hydrogen-bond acceptors (Lipinski definition) is 4. The number of fused-ring (bicyclic) bond motifs is 1. The average molecular weight is 345 g/mol. The number of nitrogens with one attached hydrogen (secondary N) is 1. The van der Waals surface area contributed by atoms with Crippen LogP contribution in [-0.4, -0.2) is 23.3 Å². The number of para-hydroxylation sites is 1. The second-order valence-electron chi connectivity index (χ2n) is 6.16. The fraction of sp³-hybridized carbons (Fsp3) is 0.100. The van der Waals surface area contributed by atoms with Crippen LogP contribution in [0.2, 0.25) is 0 Å². The molecule has 26 heavy (non-hydrogen) atoms. The van der Waals surface area contributed by atoms with E-state index in [9.17, 15) is 14.4 Å². The molecule has 2 heterocycles. The molecule has 2 amide bonds. The first kappa shape index (κ1) is 16.0. The van der Waals surface area contributed by atoms with Gasteiger partial charge in [0.25, 0.3) is 11.8 Å². The summed E-state index contributed by atoms with van der Waals surface area (Å²) < 4.78 is 0. The molecule has 128 valence electrons. The van der Waals surface area contributed by atoms with Crippen molar-refractivity contribution < 1.29 is 14.4 Å². The van der Waals surface area contributed by atoms with Gasteiger partial charge in [-0.25, -0.2) is 0 Å². The molecule has 0 unspecified atom stereocenters. The molecule has 2 aromatic carbocycles. The van der Waals surface area contributed by atoms with E-state index in [4.69, 9.17) is 0 Å². The van der Waals surface area contributed by atoms with Crippen LogP contribution in [0.15, 0.2) is 59.2 Å². The van der Waals surface area contributed by atoms with Gasteiger partial charge < -0.3 is 5.32 Å². The van der Waals surface area contributed by atoms with Crippen molar-refractivity contribution in [3.05, 3.63) is 65.2 Å². The summed E-state index contributed by atoms with van der Waals surface area (Å²) in [5.41, 5.74) is 3.60. The van der Waals surface area contributed by atoms with Crippen LogP contribution in [0.1, 0.15) is 29.8 Å². The van der Waals surface area contributed by atoms with Crippen molar-refractivity contribution in [1.82, 2.24) is 0 Å². The second-order valence-corrected chi connectivity index (χ2v) is 6.16. The van der Waals surface area contributed by atoms with Crippen LogP contribution in [0, 0.1) is 0 Å². The molecule has 6 heteroatoms. The van der Waals surface area contributed by atoms with E-state index in [2.05, 4.69) is 10.4 Å². The number of benzene rings is 2. The Hall–Kier alpha value is -3.54. The van der Waals surface area contributed by atoms with E-state index in [0.29, 0.717) is 39.4 Å². The Bertz CT molecular complexity index is 1030. The molecule has 4 rings (SSSR count). The van der Waals surface area contributed by atoms with Gasteiger partial charge in [-0.15, -0.1) is 0 Å². The summed E-state index contributed by atoms with van der Waals surface area (Å²) in [6.07, 6.45) is 0. The number of ketones is 1. The van der Waals surface area contributed by atoms with Crippen molar-refractivity contribution in [1.29, 1.82) is 0 Å². The molecule has 2 aromatic rings. The lowest BCUT2D eigenvalue weighted by Crippen LogP contribution is -2.23. The Labute approximate surface area is 149 Å². The summed E-state index contributed by atoms with van der Waals surface area (Å²) in [7, 11) is 0. The van der Waals surface area contributed by atoms with Gasteiger partial charge in [0.15, 0.2) is 5.78 Å². The Kier molecular flexibility index (Phi) is 3.54. The Morgan fingerprint density at radius 2 is 1.69 bits per heavy atom. The predicted molar refractivity (Wildman–Crippen MR) is 99.0 cm³/mol. The molecule has 1 N–H and O–H groups in total. The third-order valence-corrected chi connectivity index (χ3v) is 4.46. The average Bonchev–Trinajstić information content (AvgIpc) is 3.10. The van der Waals surface area contributed by atoms with E-state index >= 15 is 0 Å². The lowest BCUT2D eigenvalue weighted by atomic mass is 9.98. The van der Waals surface area contributed by atoms with Gasteiger partial charge in [-0.3, -0.25) is 14.4 Å². The zero-order valence-electron chi connectivity index (χ0n) is 14.2. The number of anilines is 2. The van der Waals surface area contributed by atoms with Gasteiger partial charge >= 0.3 is 0 Å². The van der Waals surface area contributed by atoms with Crippen LogP contribution in [0.3, 0.4) is 0 Å². The smallest absolute Gasteiger partial charge is 0.281 e. The van der Waals surface area contributed by atoms with Crippen molar-refractivity contribution in [2.45, 2.75) is 13.8 Å². The molecule has 0 aromatic heterocycles. The van der Waals surface area contributed by atoms with Gasteiger partial charge in [-0.1, -0.05) is 18.2 Å². The van der Waals surface area contributed by atoms with Gasteiger partial charge in [0.2, 0.25) is 0 Å². The van der Waals surface area contributed by atoms with Crippen LogP contribution < -0.4 is 10.3 Å². The van der Waals surface area contributed by atoms with Crippen molar-refractivity contribution in [3.63, 3.8) is 0 Å². The summed E-state index contributed by atoms with van der Waals surface area (Å²) in [6.45, 7) is 3.19. The quantitative estimate of drug-likeness (QED) is 0.671. The maximum Gasteiger partial charge on any atom is 0.281 e. The maximum absolute atomic E-state index is 13.0. The molecule has 0 atom stereocenters. The Morgan fingerprint density at radius 1 is 1.00 bits per heavy atom. The summed E-state index contributed by atoms with van der Waals surface area (Å²) in [6, 6.07) is 13.9. The van der Waals surface area contributed by atoms with E-state index in [1.54, 1.807) is 43.3 Å². The first-order valence-corrected chi connectivity index (χ1v) is 8.13. The van der Waals surface area contributed by atoms with E-state index in [0.717, 1.165) is 0 Å². The number of hydrogen-bond donors (Lipinski definition) is 1.